The van der Waals surface area contributed by atoms with Gasteiger partial charge in [0.25, 0.3) is 0 Å². The third-order valence-electron chi connectivity index (χ3n) is 3.03. The molecule has 2 rings (SSSR count). The quantitative estimate of drug-likeness (QED) is 0.384. The first-order valence-corrected chi connectivity index (χ1v) is 6.97. The predicted molar refractivity (Wildman–Crippen MR) is 90.0 cm³/mol. The van der Waals surface area contributed by atoms with Gasteiger partial charge in [-0.05, 0) is 35.9 Å². The van der Waals surface area contributed by atoms with Crippen molar-refractivity contribution in [2.45, 2.75) is 0 Å². The standard InChI is InChI=1S/C18H15NO5/c20-13-7-5-12(6-8-13)3-1-2-4-17(22)19-16-10-9-14(21)11-15(16)18(23)24/h1-11,20-21H,(H,19,22)(H,23,24)/b3-1+,4-2+. The number of nitrogens with one attached hydrogen (secondary N) is 1. The number of carbonyl (C=O) groups excluding carboxylic acids is 1. The van der Waals surface area contributed by atoms with Crippen molar-refractivity contribution in [3.05, 3.63) is 71.8 Å². The summed E-state index contributed by atoms with van der Waals surface area (Å²) < 4.78 is 0. The molecule has 0 aliphatic rings. The fourth-order valence-electron chi connectivity index (χ4n) is 1.89. The molecule has 0 fully saturated rings. The molecule has 0 spiro atoms. The first-order chi connectivity index (χ1) is 11.5. The molecule has 2 aromatic carbocycles. The van der Waals surface area contributed by atoms with E-state index in [-0.39, 0.29) is 22.7 Å². The van der Waals surface area contributed by atoms with E-state index in [1.54, 1.807) is 36.4 Å². The van der Waals surface area contributed by atoms with Crippen LogP contribution in [0.15, 0.2) is 60.7 Å². The van der Waals surface area contributed by atoms with Gasteiger partial charge in [-0.15, -0.1) is 0 Å². The van der Waals surface area contributed by atoms with Crippen LogP contribution in [0.2, 0.25) is 0 Å². The number of hydrogen-bond acceptors (Lipinski definition) is 4. The summed E-state index contributed by atoms with van der Waals surface area (Å²) in [6.07, 6.45) is 6.13. The van der Waals surface area contributed by atoms with Crippen LogP contribution >= 0.6 is 0 Å². The van der Waals surface area contributed by atoms with Crippen LogP contribution in [0.3, 0.4) is 0 Å². The third kappa shape index (κ3) is 4.74. The topological polar surface area (TPSA) is 107 Å². The molecule has 24 heavy (non-hydrogen) atoms. The number of carboxylic acid groups (broad SMARTS) is 1. The molecule has 6 nitrogen and oxygen atoms in total. The molecule has 0 aliphatic carbocycles. The normalized spacial score (nSPS) is 11.0. The van der Waals surface area contributed by atoms with Crippen LogP contribution in [-0.4, -0.2) is 27.2 Å². The van der Waals surface area contributed by atoms with Gasteiger partial charge in [0.15, 0.2) is 0 Å². The Kier molecular flexibility index (Phi) is 5.36. The van der Waals surface area contributed by atoms with Gasteiger partial charge < -0.3 is 20.6 Å². The van der Waals surface area contributed by atoms with Gasteiger partial charge in [-0.25, -0.2) is 4.79 Å². The summed E-state index contributed by atoms with van der Waals surface area (Å²) in [5.41, 5.74) is 0.749. The highest BCUT2D eigenvalue weighted by atomic mass is 16.4. The second-order valence-corrected chi connectivity index (χ2v) is 4.83. The molecule has 0 aliphatic heterocycles. The van der Waals surface area contributed by atoms with E-state index in [0.29, 0.717) is 0 Å². The lowest BCUT2D eigenvalue weighted by molar-refractivity contribution is -0.111. The molecule has 2 aromatic rings. The van der Waals surface area contributed by atoms with Crippen molar-refractivity contribution in [3.8, 4) is 11.5 Å². The second kappa shape index (κ2) is 7.64. The number of hydrogen-bond donors (Lipinski definition) is 4. The summed E-state index contributed by atoms with van der Waals surface area (Å²) in [5.74, 6) is -1.78. The van der Waals surface area contributed by atoms with Gasteiger partial charge >= 0.3 is 5.97 Å². The van der Waals surface area contributed by atoms with E-state index >= 15 is 0 Å². The average molecular weight is 325 g/mol. The Morgan fingerprint density at radius 2 is 1.58 bits per heavy atom. The molecule has 0 atom stereocenters. The molecule has 0 unspecified atom stereocenters. The summed E-state index contributed by atoms with van der Waals surface area (Å²) in [7, 11) is 0. The number of allylic oxidation sites excluding steroid dienone is 2. The average Bonchev–Trinajstić information content (AvgIpc) is 2.55. The van der Waals surface area contributed by atoms with E-state index in [1.807, 2.05) is 0 Å². The SMILES string of the molecule is O=C(/C=C/C=C/c1ccc(O)cc1)Nc1ccc(O)cc1C(=O)O. The van der Waals surface area contributed by atoms with E-state index in [4.69, 9.17) is 5.11 Å². The minimum absolute atomic E-state index is 0.0949. The first kappa shape index (κ1) is 16.8. The highest BCUT2D eigenvalue weighted by molar-refractivity contribution is 6.04. The van der Waals surface area contributed by atoms with Crippen molar-refractivity contribution < 1.29 is 24.9 Å². The maximum absolute atomic E-state index is 11.8. The van der Waals surface area contributed by atoms with Gasteiger partial charge in [0, 0.05) is 6.08 Å². The molecule has 1 amide bonds. The Labute approximate surface area is 138 Å². The number of phenols is 2. The number of carboxylic acids is 1. The summed E-state index contributed by atoms with van der Waals surface area (Å²) in [5, 5.41) is 30.0. The van der Waals surface area contributed by atoms with E-state index < -0.39 is 11.9 Å². The molecule has 0 aromatic heterocycles. The first-order valence-electron chi connectivity index (χ1n) is 6.97. The van der Waals surface area contributed by atoms with Crippen molar-refractivity contribution >= 4 is 23.6 Å². The van der Waals surface area contributed by atoms with Crippen LogP contribution in [0.25, 0.3) is 6.08 Å². The number of benzene rings is 2. The van der Waals surface area contributed by atoms with Crippen LogP contribution in [0, 0.1) is 0 Å². The van der Waals surface area contributed by atoms with Crippen molar-refractivity contribution in [1.29, 1.82) is 0 Å². The summed E-state index contributed by atoms with van der Waals surface area (Å²) in [6.45, 7) is 0. The summed E-state index contributed by atoms with van der Waals surface area (Å²) in [4.78, 5) is 22.9. The molecule has 0 bridgehead atoms. The fraction of sp³-hybridized carbons (Fsp3) is 0. The predicted octanol–water partition coefficient (Wildman–Crippen LogP) is 3.00. The van der Waals surface area contributed by atoms with Gasteiger partial charge in [-0.3, -0.25) is 4.79 Å². The van der Waals surface area contributed by atoms with Gasteiger partial charge in [0.2, 0.25) is 5.91 Å². The highest BCUT2D eigenvalue weighted by Crippen LogP contribution is 2.21. The van der Waals surface area contributed by atoms with Gasteiger partial charge in [0.05, 0.1) is 11.3 Å². The zero-order valence-corrected chi connectivity index (χ0v) is 12.5. The molecule has 6 heteroatoms. The number of rotatable bonds is 5. The number of amides is 1. The maximum Gasteiger partial charge on any atom is 0.337 e. The summed E-state index contributed by atoms with van der Waals surface area (Å²) >= 11 is 0. The molecule has 0 radical (unpaired) electrons. The largest absolute Gasteiger partial charge is 0.508 e. The van der Waals surface area contributed by atoms with Gasteiger partial charge in [-0.1, -0.05) is 30.4 Å². The molecule has 0 heterocycles. The van der Waals surface area contributed by atoms with Crippen molar-refractivity contribution in [1.82, 2.24) is 0 Å². The third-order valence-corrected chi connectivity index (χ3v) is 3.03. The highest BCUT2D eigenvalue weighted by Gasteiger charge is 2.12. The van der Waals surface area contributed by atoms with E-state index in [0.717, 1.165) is 11.6 Å². The Morgan fingerprint density at radius 1 is 0.917 bits per heavy atom. The number of aromatic hydroxyl groups is 2. The minimum atomic E-state index is -1.25. The second-order valence-electron chi connectivity index (χ2n) is 4.83. The van der Waals surface area contributed by atoms with Gasteiger partial charge in [-0.2, -0.15) is 0 Å². The number of phenolic OH excluding ortho intramolecular Hbond substituents is 2. The molecule has 122 valence electrons. The molecule has 0 saturated carbocycles. The maximum atomic E-state index is 11.8. The van der Waals surface area contributed by atoms with Crippen molar-refractivity contribution in [2.24, 2.45) is 0 Å². The van der Waals surface area contributed by atoms with Crippen LogP contribution < -0.4 is 5.32 Å². The smallest absolute Gasteiger partial charge is 0.337 e. The van der Waals surface area contributed by atoms with Crippen molar-refractivity contribution in [3.63, 3.8) is 0 Å². The lowest BCUT2D eigenvalue weighted by Crippen LogP contribution is -2.11. The zero-order chi connectivity index (χ0) is 17.5. The molecular formula is C18H15NO5. The monoisotopic (exact) mass is 325 g/mol. The van der Waals surface area contributed by atoms with E-state index in [2.05, 4.69) is 5.32 Å². The minimum Gasteiger partial charge on any atom is -0.508 e. The Hall–Kier alpha value is -3.54. The number of carbonyl (C=O) groups is 2. The Morgan fingerprint density at radius 3 is 2.25 bits per heavy atom. The lowest BCUT2D eigenvalue weighted by Gasteiger charge is -2.06. The molecule has 4 N–H and O–H groups in total. The summed E-state index contributed by atoms with van der Waals surface area (Å²) in [6, 6.07) is 10.2. The Bertz CT molecular complexity index is 807. The van der Waals surface area contributed by atoms with E-state index in [1.165, 1.54) is 24.3 Å². The fourth-order valence-corrected chi connectivity index (χ4v) is 1.89. The van der Waals surface area contributed by atoms with E-state index in [9.17, 15) is 19.8 Å². The van der Waals surface area contributed by atoms with Gasteiger partial charge in [0.1, 0.15) is 11.5 Å². The Balaban J connectivity index is 2.00. The van der Waals surface area contributed by atoms with Crippen LogP contribution in [0.1, 0.15) is 15.9 Å². The van der Waals surface area contributed by atoms with Crippen LogP contribution in [0.5, 0.6) is 11.5 Å². The molecule has 0 saturated heterocycles. The lowest BCUT2D eigenvalue weighted by atomic mass is 10.1. The molecular weight excluding hydrogens is 310 g/mol. The zero-order valence-electron chi connectivity index (χ0n) is 12.5. The van der Waals surface area contributed by atoms with Crippen LogP contribution in [0.4, 0.5) is 5.69 Å². The van der Waals surface area contributed by atoms with Crippen LogP contribution in [-0.2, 0) is 4.79 Å². The van der Waals surface area contributed by atoms with Crippen molar-refractivity contribution in [2.75, 3.05) is 5.32 Å². The number of anilines is 1. The number of aromatic carboxylic acids is 1.